The van der Waals surface area contributed by atoms with Gasteiger partial charge in [0.25, 0.3) is 0 Å². The minimum atomic E-state index is 0.0543. The van der Waals surface area contributed by atoms with E-state index in [2.05, 4.69) is 17.4 Å². The van der Waals surface area contributed by atoms with Gasteiger partial charge in [-0.25, -0.2) is 0 Å². The molecule has 1 atom stereocenters. The van der Waals surface area contributed by atoms with Crippen molar-refractivity contribution in [3.8, 4) is 0 Å². The standard InChI is InChI=1S/C15H21NO/c1-2-16-15(17)14(13-10-6-7-11-13)12-8-4-3-5-9-12/h3-5,8-9,13-14H,2,6-7,10-11H2,1H3,(H,16,17). The molecule has 1 unspecified atom stereocenters. The van der Waals surface area contributed by atoms with Crippen molar-refractivity contribution in [2.24, 2.45) is 5.92 Å². The van der Waals surface area contributed by atoms with E-state index in [0.29, 0.717) is 5.92 Å². The maximum atomic E-state index is 12.2. The average Bonchev–Trinajstić information content (AvgIpc) is 2.85. The van der Waals surface area contributed by atoms with Crippen molar-refractivity contribution in [3.63, 3.8) is 0 Å². The van der Waals surface area contributed by atoms with Crippen LogP contribution in [-0.2, 0) is 4.79 Å². The van der Waals surface area contributed by atoms with Crippen LogP contribution < -0.4 is 5.32 Å². The average molecular weight is 231 g/mol. The fourth-order valence-corrected chi connectivity index (χ4v) is 2.87. The number of benzene rings is 1. The smallest absolute Gasteiger partial charge is 0.227 e. The molecule has 1 N–H and O–H groups in total. The van der Waals surface area contributed by atoms with Gasteiger partial charge in [0.2, 0.25) is 5.91 Å². The second-order valence-electron chi connectivity index (χ2n) is 4.83. The maximum Gasteiger partial charge on any atom is 0.227 e. The van der Waals surface area contributed by atoms with Gasteiger partial charge >= 0.3 is 0 Å². The highest BCUT2D eigenvalue weighted by atomic mass is 16.1. The molecule has 1 saturated carbocycles. The topological polar surface area (TPSA) is 29.1 Å². The minimum Gasteiger partial charge on any atom is -0.356 e. The van der Waals surface area contributed by atoms with E-state index < -0.39 is 0 Å². The van der Waals surface area contributed by atoms with E-state index in [1.54, 1.807) is 0 Å². The summed E-state index contributed by atoms with van der Waals surface area (Å²) in [5.74, 6) is 0.785. The molecule has 0 saturated heterocycles. The van der Waals surface area contributed by atoms with E-state index >= 15 is 0 Å². The summed E-state index contributed by atoms with van der Waals surface area (Å²) in [7, 11) is 0. The lowest BCUT2D eigenvalue weighted by Crippen LogP contribution is -2.32. The van der Waals surface area contributed by atoms with Crippen molar-refractivity contribution in [3.05, 3.63) is 35.9 Å². The highest BCUT2D eigenvalue weighted by Crippen LogP contribution is 2.37. The molecule has 0 aromatic heterocycles. The van der Waals surface area contributed by atoms with E-state index in [4.69, 9.17) is 0 Å². The second-order valence-corrected chi connectivity index (χ2v) is 4.83. The van der Waals surface area contributed by atoms with Gasteiger partial charge in [-0.3, -0.25) is 4.79 Å². The molecule has 1 fully saturated rings. The maximum absolute atomic E-state index is 12.2. The molecule has 2 heteroatoms. The fraction of sp³-hybridized carbons (Fsp3) is 0.533. The molecule has 2 nitrogen and oxygen atoms in total. The highest BCUT2D eigenvalue weighted by molar-refractivity contribution is 5.84. The Hall–Kier alpha value is -1.31. The first-order chi connectivity index (χ1) is 8.33. The lowest BCUT2D eigenvalue weighted by molar-refractivity contribution is -0.123. The van der Waals surface area contributed by atoms with Crippen LogP contribution in [0.15, 0.2) is 30.3 Å². The number of rotatable bonds is 4. The molecule has 1 aliphatic carbocycles. The van der Waals surface area contributed by atoms with Crippen LogP contribution in [0.4, 0.5) is 0 Å². The fourth-order valence-electron chi connectivity index (χ4n) is 2.87. The summed E-state index contributed by atoms with van der Waals surface area (Å²) >= 11 is 0. The molecule has 2 rings (SSSR count). The third-order valence-corrected chi connectivity index (χ3v) is 3.66. The molecule has 1 amide bonds. The number of amides is 1. The highest BCUT2D eigenvalue weighted by Gasteiger charge is 2.31. The van der Waals surface area contributed by atoms with Gasteiger partial charge in [-0.1, -0.05) is 43.2 Å². The molecule has 0 aliphatic heterocycles. The molecule has 1 aliphatic rings. The molecule has 1 aromatic carbocycles. The quantitative estimate of drug-likeness (QED) is 0.847. The number of hydrogen-bond donors (Lipinski definition) is 1. The summed E-state index contributed by atoms with van der Waals surface area (Å²) in [5.41, 5.74) is 1.17. The first-order valence-corrected chi connectivity index (χ1v) is 6.65. The monoisotopic (exact) mass is 231 g/mol. The van der Waals surface area contributed by atoms with Crippen molar-refractivity contribution in [1.29, 1.82) is 0 Å². The van der Waals surface area contributed by atoms with Crippen LogP contribution in [0.3, 0.4) is 0 Å². The van der Waals surface area contributed by atoms with E-state index in [9.17, 15) is 4.79 Å². The number of carbonyl (C=O) groups excluding carboxylic acids is 1. The number of carbonyl (C=O) groups is 1. The van der Waals surface area contributed by atoms with Gasteiger partial charge < -0.3 is 5.32 Å². The first-order valence-electron chi connectivity index (χ1n) is 6.65. The molecule has 0 heterocycles. The van der Waals surface area contributed by atoms with Crippen LogP contribution in [0.5, 0.6) is 0 Å². The van der Waals surface area contributed by atoms with Crippen molar-refractivity contribution in [1.82, 2.24) is 5.32 Å². The van der Waals surface area contributed by atoms with Crippen molar-refractivity contribution in [2.75, 3.05) is 6.54 Å². The zero-order valence-corrected chi connectivity index (χ0v) is 10.5. The zero-order valence-electron chi connectivity index (χ0n) is 10.5. The third kappa shape index (κ3) is 2.87. The van der Waals surface area contributed by atoms with Gasteiger partial charge in [0.05, 0.1) is 5.92 Å². The molecule has 92 valence electrons. The Kier molecular flexibility index (Phi) is 4.18. The van der Waals surface area contributed by atoms with Crippen molar-refractivity contribution < 1.29 is 4.79 Å². The van der Waals surface area contributed by atoms with Crippen LogP contribution in [0.2, 0.25) is 0 Å². The Balaban J connectivity index is 2.20. The molecule has 0 spiro atoms. The van der Waals surface area contributed by atoms with Crippen LogP contribution >= 0.6 is 0 Å². The Morgan fingerprint density at radius 1 is 1.29 bits per heavy atom. The third-order valence-electron chi connectivity index (χ3n) is 3.66. The van der Waals surface area contributed by atoms with Gasteiger partial charge in [0.1, 0.15) is 0 Å². The van der Waals surface area contributed by atoms with Crippen LogP contribution in [0.25, 0.3) is 0 Å². The molecule has 1 aromatic rings. The van der Waals surface area contributed by atoms with E-state index in [0.717, 1.165) is 6.54 Å². The van der Waals surface area contributed by atoms with Crippen LogP contribution in [0, 0.1) is 5.92 Å². The van der Waals surface area contributed by atoms with E-state index in [1.165, 1.54) is 31.2 Å². The SMILES string of the molecule is CCNC(=O)C(c1ccccc1)C1CCCC1. The summed E-state index contributed by atoms with van der Waals surface area (Å²) < 4.78 is 0. The summed E-state index contributed by atoms with van der Waals surface area (Å²) in [5, 5.41) is 2.98. The largest absolute Gasteiger partial charge is 0.356 e. The Morgan fingerprint density at radius 2 is 1.94 bits per heavy atom. The minimum absolute atomic E-state index is 0.0543. The lowest BCUT2D eigenvalue weighted by Gasteiger charge is -2.22. The second kappa shape index (κ2) is 5.85. The zero-order chi connectivity index (χ0) is 12.1. The number of hydrogen-bond acceptors (Lipinski definition) is 1. The van der Waals surface area contributed by atoms with Crippen LogP contribution in [-0.4, -0.2) is 12.5 Å². The molecular weight excluding hydrogens is 210 g/mol. The Morgan fingerprint density at radius 3 is 2.53 bits per heavy atom. The van der Waals surface area contributed by atoms with Gasteiger partial charge in [-0.2, -0.15) is 0 Å². The van der Waals surface area contributed by atoms with E-state index in [-0.39, 0.29) is 11.8 Å². The summed E-state index contributed by atoms with van der Waals surface area (Å²) in [6.07, 6.45) is 4.92. The van der Waals surface area contributed by atoms with Gasteiger partial charge in [0, 0.05) is 6.54 Å². The van der Waals surface area contributed by atoms with Crippen LogP contribution in [0.1, 0.15) is 44.1 Å². The van der Waals surface area contributed by atoms with Gasteiger partial charge in [-0.05, 0) is 31.2 Å². The predicted octanol–water partition coefficient (Wildman–Crippen LogP) is 3.10. The predicted molar refractivity (Wildman–Crippen MR) is 69.8 cm³/mol. The van der Waals surface area contributed by atoms with Gasteiger partial charge in [0.15, 0.2) is 0 Å². The summed E-state index contributed by atoms with van der Waals surface area (Å²) in [6.45, 7) is 2.70. The van der Waals surface area contributed by atoms with E-state index in [1.807, 2.05) is 25.1 Å². The Labute approximate surface area is 103 Å². The number of nitrogens with one attached hydrogen (secondary N) is 1. The molecule has 17 heavy (non-hydrogen) atoms. The molecule has 0 bridgehead atoms. The molecular formula is C15H21NO. The summed E-state index contributed by atoms with van der Waals surface area (Å²) in [4.78, 5) is 12.2. The number of likely N-dealkylation sites (N-methyl/N-ethyl adjacent to an activating group) is 1. The summed E-state index contributed by atoms with van der Waals surface area (Å²) in [6, 6.07) is 10.2. The lowest BCUT2D eigenvalue weighted by atomic mass is 9.84. The van der Waals surface area contributed by atoms with Gasteiger partial charge in [-0.15, -0.1) is 0 Å². The first kappa shape index (κ1) is 12.2. The van der Waals surface area contributed by atoms with Crippen molar-refractivity contribution in [2.45, 2.75) is 38.5 Å². The Bertz CT molecular complexity index is 354. The molecule has 0 radical (unpaired) electrons. The normalized spacial score (nSPS) is 17.9. The van der Waals surface area contributed by atoms with Crippen molar-refractivity contribution >= 4 is 5.91 Å².